The second-order valence-electron chi connectivity index (χ2n) is 5.59. The van der Waals surface area contributed by atoms with Crippen molar-refractivity contribution in [1.29, 1.82) is 0 Å². The van der Waals surface area contributed by atoms with Crippen LogP contribution in [0.15, 0.2) is 48.8 Å². The number of aromatic nitrogens is 1. The topological polar surface area (TPSA) is 17.4 Å². The Morgan fingerprint density at radius 2 is 1.90 bits per heavy atom. The molecule has 20 heavy (non-hydrogen) atoms. The molecule has 3 heteroatoms. The van der Waals surface area contributed by atoms with Crippen molar-refractivity contribution in [2.24, 2.45) is 0 Å². The molecule has 1 aromatic carbocycles. The van der Waals surface area contributed by atoms with Crippen LogP contribution in [0, 0.1) is 6.92 Å². The zero-order valence-corrected chi connectivity index (χ0v) is 12.0. The summed E-state index contributed by atoms with van der Waals surface area (Å²) in [6, 6.07) is 12.5. The maximum absolute atomic E-state index is 5.97. The zero-order chi connectivity index (χ0) is 13.8. The molecule has 0 unspecified atom stereocenters. The molecule has 0 N–H and O–H groups in total. The molecule has 0 radical (unpaired) electrons. The smallest absolute Gasteiger partial charge is 0.124 e. The van der Waals surface area contributed by atoms with Gasteiger partial charge in [-0.15, -0.1) is 0 Å². The van der Waals surface area contributed by atoms with E-state index in [-0.39, 0.29) is 0 Å². The first-order chi connectivity index (χ1) is 9.79. The Morgan fingerprint density at radius 3 is 2.65 bits per heavy atom. The van der Waals surface area contributed by atoms with E-state index in [1.165, 1.54) is 12.0 Å². The van der Waals surface area contributed by atoms with Crippen molar-refractivity contribution in [1.82, 2.24) is 9.47 Å². The van der Waals surface area contributed by atoms with E-state index in [0.717, 1.165) is 31.9 Å². The van der Waals surface area contributed by atoms with Crippen LogP contribution in [0.3, 0.4) is 0 Å². The fourth-order valence-corrected chi connectivity index (χ4v) is 2.66. The third-order valence-corrected chi connectivity index (χ3v) is 3.77. The maximum atomic E-state index is 5.97. The van der Waals surface area contributed by atoms with Gasteiger partial charge in [0.1, 0.15) is 11.9 Å². The summed E-state index contributed by atoms with van der Waals surface area (Å²) < 4.78 is 8.20. The summed E-state index contributed by atoms with van der Waals surface area (Å²) in [6.07, 6.45) is 5.81. The first-order valence-corrected chi connectivity index (χ1v) is 7.36. The van der Waals surface area contributed by atoms with Gasteiger partial charge in [-0.3, -0.25) is 4.90 Å². The number of hydrogen-bond acceptors (Lipinski definition) is 2. The molecule has 1 aromatic heterocycles. The van der Waals surface area contributed by atoms with Gasteiger partial charge >= 0.3 is 0 Å². The second-order valence-corrected chi connectivity index (χ2v) is 5.59. The zero-order valence-electron chi connectivity index (χ0n) is 12.0. The van der Waals surface area contributed by atoms with E-state index in [1.54, 1.807) is 0 Å². The summed E-state index contributed by atoms with van der Waals surface area (Å²) in [7, 11) is 0. The average molecular weight is 270 g/mol. The molecule has 1 saturated heterocycles. The van der Waals surface area contributed by atoms with E-state index in [4.69, 9.17) is 4.74 Å². The van der Waals surface area contributed by atoms with Crippen LogP contribution >= 0.6 is 0 Å². The molecule has 106 valence electrons. The normalized spacial score (nSPS) is 16.1. The summed E-state index contributed by atoms with van der Waals surface area (Å²) in [5, 5.41) is 0. The number of ether oxygens (including phenoxy) is 1. The van der Waals surface area contributed by atoms with Crippen molar-refractivity contribution in [3.05, 3.63) is 54.4 Å². The minimum absolute atomic E-state index is 0.364. The van der Waals surface area contributed by atoms with Crippen molar-refractivity contribution in [3.8, 4) is 5.75 Å². The van der Waals surface area contributed by atoms with Crippen LogP contribution in [-0.4, -0.2) is 35.2 Å². The molecular formula is C17H22N2O. The number of hydrogen-bond donors (Lipinski definition) is 0. The molecule has 0 atom stereocenters. The molecule has 0 spiro atoms. The molecule has 2 heterocycles. The first-order valence-electron chi connectivity index (χ1n) is 7.36. The van der Waals surface area contributed by atoms with Gasteiger partial charge in [-0.05, 0) is 43.2 Å². The molecule has 1 aliphatic heterocycles. The van der Waals surface area contributed by atoms with Crippen molar-refractivity contribution in [2.45, 2.75) is 26.0 Å². The Balaban J connectivity index is 1.34. The molecule has 3 nitrogen and oxygen atoms in total. The van der Waals surface area contributed by atoms with E-state index in [9.17, 15) is 0 Å². The summed E-state index contributed by atoms with van der Waals surface area (Å²) >= 11 is 0. The average Bonchev–Trinajstić information content (AvgIpc) is 2.89. The Bertz CT molecular complexity index is 530. The van der Waals surface area contributed by atoms with Crippen LogP contribution in [0.1, 0.15) is 12.0 Å². The Labute approximate surface area is 120 Å². The number of rotatable bonds is 6. The first kappa shape index (κ1) is 13.3. The second kappa shape index (κ2) is 6.14. The van der Waals surface area contributed by atoms with Gasteiger partial charge in [-0.2, -0.15) is 0 Å². The quantitative estimate of drug-likeness (QED) is 0.803. The molecule has 0 amide bonds. The van der Waals surface area contributed by atoms with Crippen molar-refractivity contribution >= 4 is 0 Å². The fourth-order valence-electron chi connectivity index (χ4n) is 2.66. The van der Waals surface area contributed by atoms with Gasteiger partial charge in [-0.1, -0.05) is 12.1 Å². The van der Waals surface area contributed by atoms with E-state index < -0.39 is 0 Å². The minimum atomic E-state index is 0.364. The standard InChI is InChI=1S/C17H22N2O/c1-15-6-4-7-16(12-15)20-17-13-19(14-17)11-5-10-18-8-2-3-9-18/h2-4,6-9,12,17H,5,10-11,13-14H2,1H3. The summed E-state index contributed by atoms with van der Waals surface area (Å²) in [5.74, 6) is 1.00. The monoisotopic (exact) mass is 270 g/mol. The van der Waals surface area contributed by atoms with Crippen LogP contribution < -0.4 is 4.74 Å². The summed E-state index contributed by atoms with van der Waals surface area (Å²) in [6.45, 7) is 6.47. The minimum Gasteiger partial charge on any atom is -0.488 e. The molecule has 2 aromatic rings. The molecule has 1 fully saturated rings. The highest BCUT2D eigenvalue weighted by molar-refractivity contribution is 5.27. The number of likely N-dealkylation sites (tertiary alicyclic amines) is 1. The van der Waals surface area contributed by atoms with Crippen molar-refractivity contribution < 1.29 is 4.74 Å². The lowest BCUT2D eigenvalue weighted by atomic mass is 10.1. The molecule has 3 rings (SSSR count). The van der Waals surface area contributed by atoms with Crippen LogP contribution in [0.25, 0.3) is 0 Å². The maximum Gasteiger partial charge on any atom is 0.124 e. The molecule has 0 aliphatic carbocycles. The van der Waals surface area contributed by atoms with Gasteiger partial charge in [0, 0.05) is 38.6 Å². The lowest BCUT2D eigenvalue weighted by molar-refractivity contribution is 0.0188. The SMILES string of the molecule is Cc1cccc(OC2CN(CCCn3cccc3)C2)c1. The van der Waals surface area contributed by atoms with Crippen LogP contribution in [-0.2, 0) is 6.54 Å². The van der Waals surface area contributed by atoms with E-state index in [1.807, 2.05) is 6.07 Å². The molecular weight excluding hydrogens is 248 g/mol. The molecule has 0 saturated carbocycles. The van der Waals surface area contributed by atoms with Crippen LogP contribution in [0.5, 0.6) is 5.75 Å². The highest BCUT2D eigenvalue weighted by atomic mass is 16.5. The number of aryl methyl sites for hydroxylation is 2. The van der Waals surface area contributed by atoms with Crippen LogP contribution in [0.2, 0.25) is 0 Å². The van der Waals surface area contributed by atoms with Gasteiger partial charge in [0.25, 0.3) is 0 Å². The fraction of sp³-hybridized carbons (Fsp3) is 0.412. The van der Waals surface area contributed by atoms with E-state index in [2.05, 4.69) is 59.1 Å². The number of nitrogens with zero attached hydrogens (tertiary/aromatic N) is 2. The van der Waals surface area contributed by atoms with Crippen molar-refractivity contribution in [3.63, 3.8) is 0 Å². The van der Waals surface area contributed by atoms with E-state index >= 15 is 0 Å². The summed E-state index contributed by atoms with van der Waals surface area (Å²) in [4.78, 5) is 2.46. The molecule has 1 aliphatic rings. The third-order valence-electron chi connectivity index (χ3n) is 3.77. The summed E-state index contributed by atoms with van der Waals surface area (Å²) in [5.41, 5.74) is 1.26. The van der Waals surface area contributed by atoms with Crippen molar-refractivity contribution in [2.75, 3.05) is 19.6 Å². The molecule has 0 bridgehead atoms. The van der Waals surface area contributed by atoms with Gasteiger partial charge in [0.2, 0.25) is 0 Å². The predicted octanol–water partition coefficient (Wildman–Crippen LogP) is 2.95. The van der Waals surface area contributed by atoms with Crippen LogP contribution in [0.4, 0.5) is 0 Å². The highest BCUT2D eigenvalue weighted by Gasteiger charge is 2.27. The highest BCUT2D eigenvalue weighted by Crippen LogP contribution is 2.19. The largest absolute Gasteiger partial charge is 0.488 e. The van der Waals surface area contributed by atoms with Gasteiger partial charge < -0.3 is 9.30 Å². The third kappa shape index (κ3) is 3.42. The lowest BCUT2D eigenvalue weighted by Gasteiger charge is -2.39. The Hall–Kier alpha value is -1.74. The van der Waals surface area contributed by atoms with E-state index in [0.29, 0.717) is 6.10 Å². The van der Waals surface area contributed by atoms with Gasteiger partial charge in [-0.25, -0.2) is 0 Å². The predicted molar refractivity (Wildman–Crippen MR) is 81.1 cm³/mol. The Kier molecular flexibility index (Phi) is 4.07. The van der Waals surface area contributed by atoms with Gasteiger partial charge in [0.05, 0.1) is 0 Å². The lowest BCUT2D eigenvalue weighted by Crippen LogP contribution is -2.53. The Morgan fingerprint density at radius 1 is 1.10 bits per heavy atom. The van der Waals surface area contributed by atoms with Gasteiger partial charge in [0.15, 0.2) is 0 Å². The number of benzene rings is 1.